The van der Waals surface area contributed by atoms with Crippen molar-refractivity contribution in [3.63, 3.8) is 0 Å². The van der Waals surface area contributed by atoms with Gasteiger partial charge in [0.2, 0.25) is 0 Å². The molecule has 0 saturated carbocycles. The highest BCUT2D eigenvalue weighted by atomic mass is 16.5. The molecule has 2 aromatic rings. The number of carbonyl (C=O) groups excluding carboxylic acids is 1. The number of nitrogens with one attached hydrogen (secondary N) is 1. The number of ether oxygens (including phenoxy) is 1. The molecular formula is C18H16N2O2. The number of hydrogen-bond donors (Lipinski definition) is 1. The van der Waals surface area contributed by atoms with Crippen LogP contribution in [-0.4, -0.2) is 24.9 Å². The average Bonchev–Trinajstić information content (AvgIpc) is 3.04. The molecule has 0 spiro atoms. The lowest BCUT2D eigenvalue weighted by Gasteiger charge is -2.19. The number of benzene rings is 2. The third-order valence-corrected chi connectivity index (χ3v) is 4.07. The zero-order valence-electron chi connectivity index (χ0n) is 12.5. The fraction of sp³-hybridized carbons (Fsp3) is 0.167. The van der Waals surface area contributed by atoms with Crippen LogP contribution in [0.2, 0.25) is 0 Å². The minimum Gasteiger partial charge on any atom is -0.469 e. The highest BCUT2D eigenvalue weighted by molar-refractivity contribution is 6.36. The van der Waals surface area contributed by atoms with E-state index in [2.05, 4.69) is 5.32 Å². The van der Waals surface area contributed by atoms with Crippen LogP contribution in [0.1, 0.15) is 22.9 Å². The van der Waals surface area contributed by atoms with Gasteiger partial charge in [0, 0.05) is 22.4 Å². The van der Waals surface area contributed by atoms with Gasteiger partial charge in [0.15, 0.2) is 6.23 Å². The van der Waals surface area contributed by atoms with Gasteiger partial charge in [0.25, 0.3) is 5.91 Å². The van der Waals surface area contributed by atoms with Crippen LogP contribution in [0.5, 0.6) is 0 Å². The maximum Gasteiger partial charge on any atom is 0.260 e. The van der Waals surface area contributed by atoms with Gasteiger partial charge < -0.3 is 10.1 Å². The summed E-state index contributed by atoms with van der Waals surface area (Å²) in [5, 5.41) is 2.91. The van der Waals surface area contributed by atoms with Gasteiger partial charge >= 0.3 is 0 Å². The fourth-order valence-corrected chi connectivity index (χ4v) is 3.08. The van der Waals surface area contributed by atoms with E-state index in [1.165, 1.54) is 0 Å². The topological polar surface area (TPSA) is 41.6 Å². The van der Waals surface area contributed by atoms with E-state index in [1.54, 1.807) is 0 Å². The summed E-state index contributed by atoms with van der Waals surface area (Å²) in [5.74, 6) is 0.558. The van der Waals surface area contributed by atoms with Gasteiger partial charge in [-0.25, -0.2) is 0 Å². The zero-order chi connectivity index (χ0) is 15.3. The summed E-state index contributed by atoms with van der Waals surface area (Å²) >= 11 is 0. The predicted octanol–water partition coefficient (Wildman–Crippen LogP) is 3.10. The Bertz CT molecular complexity index is 808. The molecular weight excluding hydrogens is 276 g/mol. The van der Waals surface area contributed by atoms with Crippen LogP contribution in [0.25, 0.3) is 11.3 Å². The molecule has 0 saturated heterocycles. The smallest absolute Gasteiger partial charge is 0.260 e. The van der Waals surface area contributed by atoms with Crippen molar-refractivity contribution in [3.8, 4) is 0 Å². The van der Waals surface area contributed by atoms with Crippen LogP contribution >= 0.6 is 0 Å². The first-order valence-corrected chi connectivity index (χ1v) is 7.24. The molecule has 0 unspecified atom stereocenters. The van der Waals surface area contributed by atoms with E-state index < -0.39 is 0 Å². The van der Waals surface area contributed by atoms with E-state index in [9.17, 15) is 4.79 Å². The van der Waals surface area contributed by atoms with E-state index in [4.69, 9.17) is 4.74 Å². The van der Waals surface area contributed by atoms with Crippen LogP contribution in [0.4, 0.5) is 5.69 Å². The second-order valence-electron chi connectivity index (χ2n) is 5.72. The second kappa shape index (κ2) is 4.71. The summed E-state index contributed by atoms with van der Waals surface area (Å²) in [6.07, 6.45) is -0.167. The Morgan fingerprint density at radius 3 is 2.45 bits per heavy atom. The molecule has 0 fully saturated rings. The molecule has 0 aliphatic carbocycles. The lowest BCUT2D eigenvalue weighted by atomic mass is 10.00. The Morgan fingerprint density at radius 1 is 1.00 bits per heavy atom. The summed E-state index contributed by atoms with van der Waals surface area (Å²) in [6, 6.07) is 15.7. The van der Waals surface area contributed by atoms with Gasteiger partial charge in [-0.2, -0.15) is 0 Å². The number of anilines is 1. The Labute approximate surface area is 129 Å². The van der Waals surface area contributed by atoms with Crippen LogP contribution in [0.3, 0.4) is 0 Å². The van der Waals surface area contributed by atoms with Crippen molar-refractivity contribution in [2.75, 3.05) is 19.4 Å². The highest BCUT2D eigenvalue weighted by Crippen LogP contribution is 2.45. The highest BCUT2D eigenvalue weighted by Gasteiger charge is 2.36. The summed E-state index contributed by atoms with van der Waals surface area (Å²) < 4.78 is 6.15. The predicted molar refractivity (Wildman–Crippen MR) is 85.8 cm³/mol. The van der Waals surface area contributed by atoms with Gasteiger partial charge in [-0.1, -0.05) is 42.5 Å². The average molecular weight is 292 g/mol. The van der Waals surface area contributed by atoms with Crippen LogP contribution in [0.15, 0.2) is 48.5 Å². The number of fused-ring (bicyclic) bond motifs is 2. The first-order valence-electron chi connectivity index (χ1n) is 7.24. The SMILES string of the molecule is CN(C)[C@H]1O/C(=C2/C(=O)Nc3ccccc32)c2ccccc21. The number of para-hydroxylation sites is 1. The maximum absolute atomic E-state index is 12.4. The van der Waals surface area contributed by atoms with E-state index in [0.29, 0.717) is 11.3 Å². The Kier molecular flexibility index (Phi) is 2.81. The molecule has 0 radical (unpaired) electrons. The minimum atomic E-state index is -0.167. The molecule has 2 heterocycles. The van der Waals surface area contributed by atoms with Crippen LogP contribution in [-0.2, 0) is 9.53 Å². The molecule has 1 atom stereocenters. The van der Waals surface area contributed by atoms with Gasteiger partial charge in [-0.05, 0) is 20.2 Å². The number of carbonyl (C=O) groups is 1. The van der Waals surface area contributed by atoms with Crippen molar-refractivity contribution in [1.29, 1.82) is 0 Å². The largest absolute Gasteiger partial charge is 0.469 e. The second-order valence-corrected chi connectivity index (χ2v) is 5.72. The molecule has 2 aliphatic rings. The zero-order valence-corrected chi connectivity index (χ0v) is 12.5. The standard InChI is InChI=1S/C18H16N2O2/c1-20(2)18-12-8-4-3-7-11(12)16(22-18)15-13-9-5-6-10-14(13)19-17(15)21/h3-10,18H,1-2H3,(H,19,21)/b16-15+/t18-/m0/s1. The van der Waals surface area contributed by atoms with Crippen molar-refractivity contribution in [2.24, 2.45) is 0 Å². The molecule has 1 N–H and O–H groups in total. The minimum absolute atomic E-state index is 0.106. The fourth-order valence-electron chi connectivity index (χ4n) is 3.08. The van der Waals surface area contributed by atoms with Crippen molar-refractivity contribution >= 4 is 22.9 Å². The van der Waals surface area contributed by atoms with Crippen molar-refractivity contribution in [1.82, 2.24) is 4.90 Å². The molecule has 4 heteroatoms. The molecule has 4 rings (SSSR count). The Balaban J connectivity index is 1.96. The Hall–Kier alpha value is -2.59. The van der Waals surface area contributed by atoms with E-state index in [0.717, 1.165) is 22.4 Å². The number of nitrogens with zero attached hydrogens (tertiary/aromatic N) is 1. The summed E-state index contributed by atoms with van der Waals surface area (Å²) in [7, 11) is 3.94. The molecule has 0 bridgehead atoms. The number of amides is 1. The molecule has 2 aromatic carbocycles. The quantitative estimate of drug-likeness (QED) is 0.821. The van der Waals surface area contributed by atoms with E-state index >= 15 is 0 Å². The lowest BCUT2D eigenvalue weighted by Crippen LogP contribution is -2.18. The normalized spacial score (nSPS) is 22.3. The summed E-state index contributed by atoms with van der Waals surface area (Å²) in [5.41, 5.74) is 4.43. The Morgan fingerprint density at radius 2 is 1.68 bits per heavy atom. The van der Waals surface area contributed by atoms with Crippen molar-refractivity contribution < 1.29 is 9.53 Å². The molecule has 110 valence electrons. The molecule has 1 amide bonds. The van der Waals surface area contributed by atoms with Gasteiger partial charge in [-0.15, -0.1) is 0 Å². The van der Waals surface area contributed by atoms with Gasteiger partial charge in [0.1, 0.15) is 5.76 Å². The third kappa shape index (κ3) is 1.77. The summed E-state index contributed by atoms with van der Waals surface area (Å²) in [6.45, 7) is 0. The first-order chi connectivity index (χ1) is 10.7. The number of hydrogen-bond acceptors (Lipinski definition) is 3. The number of rotatable bonds is 1. The molecule has 22 heavy (non-hydrogen) atoms. The first kappa shape index (κ1) is 13.1. The van der Waals surface area contributed by atoms with Crippen LogP contribution in [0, 0.1) is 0 Å². The van der Waals surface area contributed by atoms with Crippen molar-refractivity contribution in [3.05, 3.63) is 65.2 Å². The van der Waals surface area contributed by atoms with Crippen molar-refractivity contribution in [2.45, 2.75) is 6.23 Å². The monoisotopic (exact) mass is 292 g/mol. The van der Waals surface area contributed by atoms with Gasteiger partial charge in [0.05, 0.1) is 5.57 Å². The van der Waals surface area contributed by atoms with Gasteiger partial charge in [-0.3, -0.25) is 9.69 Å². The lowest BCUT2D eigenvalue weighted by molar-refractivity contribution is -0.110. The molecule has 2 aliphatic heterocycles. The molecule has 4 nitrogen and oxygen atoms in total. The van der Waals surface area contributed by atoms with Crippen LogP contribution < -0.4 is 5.32 Å². The molecule has 0 aromatic heterocycles. The van der Waals surface area contributed by atoms with E-state index in [-0.39, 0.29) is 12.1 Å². The third-order valence-electron chi connectivity index (χ3n) is 4.07. The van der Waals surface area contributed by atoms with E-state index in [1.807, 2.05) is 67.5 Å². The summed E-state index contributed by atoms with van der Waals surface area (Å²) in [4.78, 5) is 14.4. The maximum atomic E-state index is 12.4.